The lowest BCUT2D eigenvalue weighted by molar-refractivity contribution is -0.117. The van der Waals surface area contributed by atoms with Gasteiger partial charge in [-0.2, -0.15) is 5.26 Å². The van der Waals surface area contributed by atoms with Crippen LogP contribution in [-0.2, 0) is 4.79 Å². The monoisotopic (exact) mass is 314 g/mol. The number of carbonyl (C=O) groups is 1. The van der Waals surface area contributed by atoms with Crippen molar-refractivity contribution in [1.29, 1.82) is 5.26 Å². The van der Waals surface area contributed by atoms with Gasteiger partial charge in [0.25, 0.3) is 5.91 Å². The van der Waals surface area contributed by atoms with Crippen molar-refractivity contribution in [3.63, 3.8) is 0 Å². The van der Waals surface area contributed by atoms with Crippen LogP contribution in [0, 0.1) is 17.1 Å². The highest BCUT2D eigenvalue weighted by molar-refractivity contribution is 6.01. The van der Waals surface area contributed by atoms with Gasteiger partial charge in [-0.25, -0.2) is 4.39 Å². The first-order chi connectivity index (χ1) is 11.0. The Labute approximate surface area is 133 Å². The molecule has 1 aromatic heterocycles. The highest BCUT2D eigenvalue weighted by atomic mass is 19.1. The number of carbonyl (C=O) groups excluding carboxylic acids is 1. The van der Waals surface area contributed by atoms with Crippen molar-refractivity contribution in [3.8, 4) is 11.8 Å². The lowest BCUT2D eigenvalue weighted by Gasteiger charge is -2.17. The highest BCUT2D eigenvalue weighted by Crippen LogP contribution is 2.26. The molecule has 6 heteroatoms. The van der Waals surface area contributed by atoms with Gasteiger partial charge in [-0.3, -0.25) is 4.79 Å². The Morgan fingerprint density at radius 3 is 2.87 bits per heavy atom. The molecule has 1 aromatic carbocycles. The zero-order valence-corrected chi connectivity index (χ0v) is 12.7. The first-order valence-electron chi connectivity index (χ1n) is 6.84. The Balaban J connectivity index is 2.19. The Kier molecular flexibility index (Phi) is 5.15. The molecule has 1 heterocycles. The molecule has 1 amide bonds. The van der Waals surface area contributed by atoms with Gasteiger partial charge < -0.3 is 14.5 Å². The van der Waals surface area contributed by atoms with E-state index in [1.54, 1.807) is 19.1 Å². The molecule has 118 valence electrons. The van der Waals surface area contributed by atoms with Crippen LogP contribution in [0.4, 0.5) is 4.39 Å². The van der Waals surface area contributed by atoms with Gasteiger partial charge in [0, 0.05) is 11.6 Å². The van der Waals surface area contributed by atoms with Gasteiger partial charge in [0.15, 0.2) is 0 Å². The van der Waals surface area contributed by atoms with E-state index in [1.807, 2.05) is 6.07 Å². The van der Waals surface area contributed by atoms with Crippen molar-refractivity contribution in [2.45, 2.75) is 13.0 Å². The third kappa shape index (κ3) is 3.98. The van der Waals surface area contributed by atoms with Crippen molar-refractivity contribution in [1.82, 2.24) is 5.32 Å². The van der Waals surface area contributed by atoms with Gasteiger partial charge in [-0.1, -0.05) is 0 Å². The van der Waals surface area contributed by atoms with Crippen molar-refractivity contribution < 1.29 is 18.3 Å². The summed E-state index contributed by atoms with van der Waals surface area (Å²) in [5, 5.41) is 11.8. The summed E-state index contributed by atoms with van der Waals surface area (Å²) < 4.78 is 23.7. The SMILES string of the molecule is COc1ccc(F)cc1[C@H](C)NC(=O)/C(C#N)=C\c1ccco1. The minimum absolute atomic E-state index is 0.109. The van der Waals surface area contributed by atoms with Gasteiger partial charge >= 0.3 is 0 Å². The van der Waals surface area contributed by atoms with Crippen LogP contribution >= 0.6 is 0 Å². The smallest absolute Gasteiger partial charge is 0.262 e. The largest absolute Gasteiger partial charge is 0.496 e. The van der Waals surface area contributed by atoms with Crippen molar-refractivity contribution >= 4 is 12.0 Å². The molecule has 0 saturated carbocycles. The van der Waals surface area contributed by atoms with Crippen LogP contribution in [0.3, 0.4) is 0 Å². The summed E-state index contributed by atoms with van der Waals surface area (Å²) in [7, 11) is 1.46. The van der Waals surface area contributed by atoms with E-state index < -0.39 is 17.8 Å². The minimum Gasteiger partial charge on any atom is -0.496 e. The number of nitriles is 1. The summed E-state index contributed by atoms with van der Waals surface area (Å²) in [6, 6.07) is 8.60. The number of nitrogens with zero attached hydrogens (tertiary/aromatic N) is 1. The normalized spacial score (nSPS) is 12.3. The Hall–Kier alpha value is -3.07. The predicted molar refractivity (Wildman–Crippen MR) is 81.8 cm³/mol. The number of nitrogens with one attached hydrogen (secondary N) is 1. The summed E-state index contributed by atoms with van der Waals surface area (Å²) in [6.07, 6.45) is 2.78. The van der Waals surface area contributed by atoms with E-state index >= 15 is 0 Å². The zero-order valence-electron chi connectivity index (χ0n) is 12.7. The van der Waals surface area contributed by atoms with Gasteiger partial charge in [0.05, 0.1) is 19.4 Å². The second kappa shape index (κ2) is 7.27. The summed E-state index contributed by atoms with van der Waals surface area (Å²) >= 11 is 0. The van der Waals surface area contributed by atoms with E-state index in [0.29, 0.717) is 17.1 Å². The number of halogens is 1. The number of methoxy groups -OCH3 is 1. The van der Waals surface area contributed by atoms with E-state index in [9.17, 15) is 9.18 Å². The molecular weight excluding hydrogens is 299 g/mol. The fourth-order valence-electron chi connectivity index (χ4n) is 2.06. The quantitative estimate of drug-likeness (QED) is 0.679. The fraction of sp³-hybridized carbons (Fsp3) is 0.176. The summed E-state index contributed by atoms with van der Waals surface area (Å²) in [4.78, 5) is 12.2. The van der Waals surface area contributed by atoms with Crippen molar-refractivity contribution in [3.05, 3.63) is 59.3 Å². The molecule has 0 spiro atoms. The maximum atomic E-state index is 13.4. The van der Waals surface area contributed by atoms with Crippen LogP contribution < -0.4 is 10.1 Å². The van der Waals surface area contributed by atoms with E-state index in [2.05, 4.69) is 5.32 Å². The molecule has 2 aromatic rings. The number of furan rings is 1. The molecule has 1 N–H and O–H groups in total. The summed E-state index contributed by atoms with van der Waals surface area (Å²) in [5.74, 6) is -0.170. The first kappa shape index (κ1) is 16.3. The molecule has 0 aliphatic carbocycles. The predicted octanol–water partition coefficient (Wildman–Crippen LogP) is 3.21. The molecule has 23 heavy (non-hydrogen) atoms. The molecule has 0 bridgehead atoms. The molecular formula is C17H15FN2O3. The van der Waals surface area contributed by atoms with Gasteiger partial charge in [-0.15, -0.1) is 0 Å². The maximum absolute atomic E-state index is 13.4. The van der Waals surface area contributed by atoms with Crippen molar-refractivity contribution in [2.24, 2.45) is 0 Å². The lowest BCUT2D eigenvalue weighted by atomic mass is 10.1. The number of hydrogen-bond donors (Lipinski definition) is 1. The Morgan fingerprint density at radius 2 is 2.26 bits per heavy atom. The van der Waals surface area contributed by atoms with E-state index in [1.165, 1.54) is 37.6 Å². The van der Waals surface area contributed by atoms with E-state index in [-0.39, 0.29) is 5.57 Å². The number of ether oxygens (including phenoxy) is 1. The van der Waals surface area contributed by atoms with Gasteiger partial charge in [-0.05, 0) is 37.3 Å². The molecule has 5 nitrogen and oxygen atoms in total. The lowest BCUT2D eigenvalue weighted by Crippen LogP contribution is -2.28. The van der Waals surface area contributed by atoms with Crippen LogP contribution in [0.25, 0.3) is 6.08 Å². The highest BCUT2D eigenvalue weighted by Gasteiger charge is 2.17. The summed E-state index contributed by atoms with van der Waals surface area (Å²) in [5.41, 5.74) is 0.373. The molecule has 0 radical (unpaired) electrons. The second-order valence-corrected chi connectivity index (χ2v) is 4.77. The maximum Gasteiger partial charge on any atom is 0.262 e. The second-order valence-electron chi connectivity index (χ2n) is 4.77. The molecule has 0 saturated heterocycles. The molecule has 0 aliphatic rings. The van der Waals surface area contributed by atoms with Crippen LogP contribution in [0.15, 0.2) is 46.6 Å². The van der Waals surface area contributed by atoms with Gasteiger partial charge in [0.1, 0.15) is 29.0 Å². The topological polar surface area (TPSA) is 75.3 Å². The van der Waals surface area contributed by atoms with Crippen LogP contribution in [0.1, 0.15) is 24.3 Å². The zero-order chi connectivity index (χ0) is 16.8. The fourth-order valence-corrected chi connectivity index (χ4v) is 2.06. The van der Waals surface area contributed by atoms with Crippen LogP contribution in [0.5, 0.6) is 5.75 Å². The first-order valence-corrected chi connectivity index (χ1v) is 6.84. The molecule has 0 unspecified atom stereocenters. The Morgan fingerprint density at radius 1 is 1.48 bits per heavy atom. The number of hydrogen-bond acceptors (Lipinski definition) is 4. The Bertz CT molecular complexity index is 761. The molecule has 2 rings (SSSR count). The van der Waals surface area contributed by atoms with Crippen molar-refractivity contribution in [2.75, 3.05) is 7.11 Å². The molecule has 1 atom stereocenters. The number of amides is 1. The van der Waals surface area contributed by atoms with Crippen LogP contribution in [-0.4, -0.2) is 13.0 Å². The average molecular weight is 314 g/mol. The van der Waals surface area contributed by atoms with E-state index in [0.717, 1.165) is 0 Å². The third-order valence-electron chi connectivity index (χ3n) is 3.20. The van der Waals surface area contributed by atoms with Crippen LogP contribution in [0.2, 0.25) is 0 Å². The minimum atomic E-state index is -0.581. The molecule has 0 aliphatic heterocycles. The third-order valence-corrected chi connectivity index (χ3v) is 3.20. The molecule has 0 fully saturated rings. The average Bonchev–Trinajstić information content (AvgIpc) is 3.05. The standard InChI is InChI=1S/C17H15FN2O3/c1-11(15-9-13(18)5-6-16(15)22-2)20-17(21)12(10-19)8-14-4-3-7-23-14/h3-9,11H,1-2H3,(H,20,21)/b12-8-/t11-/m0/s1. The van der Waals surface area contributed by atoms with E-state index in [4.69, 9.17) is 14.4 Å². The number of benzene rings is 1. The number of rotatable bonds is 5. The van der Waals surface area contributed by atoms with Gasteiger partial charge in [0.2, 0.25) is 0 Å². The summed E-state index contributed by atoms with van der Waals surface area (Å²) in [6.45, 7) is 1.68.